The lowest BCUT2D eigenvalue weighted by atomic mass is 10.1. The molecule has 2 fully saturated rings. The SMILES string of the molecule is O=C(COC(=O)CCCC[C@@H]1CCSS1)Nc1ccccc1C(=O)NC1CC1. The first kappa shape index (κ1) is 21.0. The molecule has 0 aromatic heterocycles. The van der Waals surface area contributed by atoms with Gasteiger partial charge in [0.1, 0.15) is 0 Å². The third-order valence-corrected chi connectivity index (χ3v) is 7.61. The van der Waals surface area contributed by atoms with Crippen LogP contribution in [-0.4, -0.2) is 41.4 Å². The number of hydrogen-bond acceptors (Lipinski definition) is 6. The zero-order valence-electron chi connectivity index (χ0n) is 15.8. The number of unbranched alkanes of at least 4 members (excludes halogenated alkanes) is 1. The third kappa shape index (κ3) is 7.05. The van der Waals surface area contributed by atoms with Crippen molar-refractivity contribution < 1.29 is 19.1 Å². The summed E-state index contributed by atoms with van der Waals surface area (Å²) in [6, 6.07) is 7.07. The van der Waals surface area contributed by atoms with Crippen LogP contribution in [-0.2, 0) is 14.3 Å². The molecule has 0 radical (unpaired) electrons. The smallest absolute Gasteiger partial charge is 0.306 e. The molecule has 2 aliphatic rings. The number of esters is 1. The fraction of sp³-hybridized carbons (Fsp3) is 0.550. The van der Waals surface area contributed by atoms with Crippen molar-refractivity contribution in [3.05, 3.63) is 29.8 Å². The van der Waals surface area contributed by atoms with E-state index in [-0.39, 0.29) is 24.5 Å². The molecule has 1 saturated carbocycles. The largest absolute Gasteiger partial charge is 0.456 e. The molecule has 1 aliphatic carbocycles. The fourth-order valence-corrected chi connectivity index (χ4v) is 5.92. The molecule has 152 valence electrons. The molecule has 2 amide bonds. The number of nitrogens with one attached hydrogen (secondary N) is 2. The van der Waals surface area contributed by atoms with E-state index < -0.39 is 5.91 Å². The average Bonchev–Trinajstić information content (AvgIpc) is 3.35. The highest BCUT2D eigenvalue weighted by Crippen LogP contribution is 2.39. The van der Waals surface area contributed by atoms with Crippen LogP contribution in [0.15, 0.2) is 24.3 Å². The molecule has 1 aliphatic heterocycles. The van der Waals surface area contributed by atoms with Crippen molar-refractivity contribution in [1.82, 2.24) is 5.32 Å². The van der Waals surface area contributed by atoms with E-state index in [0.717, 1.165) is 32.1 Å². The Kier molecular flexibility index (Phi) is 8.09. The van der Waals surface area contributed by atoms with Crippen LogP contribution in [0.1, 0.15) is 55.3 Å². The summed E-state index contributed by atoms with van der Waals surface area (Å²) in [6.07, 6.45) is 6.49. The van der Waals surface area contributed by atoms with Gasteiger partial charge >= 0.3 is 5.97 Å². The molecule has 1 heterocycles. The van der Waals surface area contributed by atoms with Gasteiger partial charge in [-0.2, -0.15) is 0 Å². The second-order valence-electron chi connectivity index (χ2n) is 7.08. The predicted octanol–water partition coefficient (Wildman–Crippen LogP) is 3.77. The van der Waals surface area contributed by atoms with Gasteiger partial charge in [-0.05, 0) is 44.2 Å². The molecular formula is C20H26N2O4S2. The number of amides is 2. The van der Waals surface area contributed by atoms with Crippen LogP contribution < -0.4 is 10.6 Å². The van der Waals surface area contributed by atoms with Gasteiger partial charge in [-0.1, -0.05) is 40.1 Å². The Labute approximate surface area is 173 Å². The van der Waals surface area contributed by atoms with Gasteiger partial charge in [-0.25, -0.2) is 0 Å². The summed E-state index contributed by atoms with van der Waals surface area (Å²) in [5.74, 6) is 0.217. The second kappa shape index (κ2) is 10.8. The van der Waals surface area contributed by atoms with Gasteiger partial charge in [0.15, 0.2) is 6.61 Å². The van der Waals surface area contributed by atoms with E-state index in [9.17, 15) is 14.4 Å². The molecule has 0 bridgehead atoms. The molecule has 6 nitrogen and oxygen atoms in total. The summed E-state index contributed by atoms with van der Waals surface area (Å²) in [6.45, 7) is -0.341. The molecule has 1 atom stereocenters. The van der Waals surface area contributed by atoms with Crippen LogP contribution in [0.25, 0.3) is 0 Å². The summed E-state index contributed by atoms with van der Waals surface area (Å²) in [7, 11) is 3.87. The van der Waals surface area contributed by atoms with Gasteiger partial charge in [0.25, 0.3) is 11.8 Å². The first-order chi connectivity index (χ1) is 13.6. The maximum atomic E-state index is 12.3. The van der Waals surface area contributed by atoms with Crippen LogP contribution in [0.5, 0.6) is 0 Å². The zero-order chi connectivity index (χ0) is 19.8. The van der Waals surface area contributed by atoms with E-state index in [1.807, 2.05) is 21.6 Å². The zero-order valence-corrected chi connectivity index (χ0v) is 17.4. The first-order valence-electron chi connectivity index (χ1n) is 9.75. The standard InChI is InChI=1S/C20H26N2O4S2/c23-18(13-26-19(24)8-4-1-5-15-11-12-27-28-15)22-17-7-3-2-6-16(17)20(25)21-14-9-10-14/h2-3,6-7,14-15H,1,4-5,8-13H2,(H,21,25)(H,22,23)/t15-/m1/s1. The molecule has 1 aromatic carbocycles. The molecule has 28 heavy (non-hydrogen) atoms. The number of carbonyl (C=O) groups is 3. The Hall–Kier alpha value is -1.67. The van der Waals surface area contributed by atoms with Crippen LogP contribution in [0.2, 0.25) is 0 Å². The number of rotatable bonds is 10. The topological polar surface area (TPSA) is 84.5 Å². The van der Waals surface area contributed by atoms with Gasteiger partial charge in [-0.15, -0.1) is 0 Å². The normalized spacial score (nSPS) is 18.5. The van der Waals surface area contributed by atoms with Crippen molar-refractivity contribution >= 4 is 45.1 Å². The van der Waals surface area contributed by atoms with Crippen LogP contribution in [0.3, 0.4) is 0 Å². The van der Waals surface area contributed by atoms with E-state index in [2.05, 4.69) is 10.6 Å². The van der Waals surface area contributed by atoms with E-state index >= 15 is 0 Å². The lowest BCUT2D eigenvalue weighted by molar-refractivity contribution is -0.147. The van der Waals surface area contributed by atoms with E-state index in [4.69, 9.17) is 4.74 Å². The molecule has 2 N–H and O–H groups in total. The van der Waals surface area contributed by atoms with E-state index in [1.165, 1.54) is 12.2 Å². The summed E-state index contributed by atoms with van der Waals surface area (Å²) < 4.78 is 5.06. The molecule has 1 saturated heterocycles. The molecule has 0 spiro atoms. The minimum atomic E-state index is -0.445. The molecule has 8 heteroatoms. The minimum absolute atomic E-state index is 0.200. The van der Waals surface area contributed by atoms with Crippen molar-refractivity contribution in [2.24, 2.45) is 0 Å². The number of anilines is 1. The summed E-state index contributed by atoms with van der Waals surface area (Å²) in [5, 5.41) is 6.28. The van der Waals surface area contributed by atoms with E-state index in [1.54, 1.807) is 24.3 Å². The number of para-hydroxylation sites is 1. The highest BCUT2D eigenvalue weighted by Gasteiger charge is 2.25. The maximum absolute atomic E-state index is 12.3. The van der Waals surface area contributed by atoms with Crippen molar-refractivity contribution in [3.63, 3.8) is 0 Å². The van der Waals surface area contributed by atoms with Crippen molar-refractivity contribution in [2.45, 2.75) is 56.2 Å². The number of benzene rings is 1. The summed E-state index contributed by atoms with van der Waals surface area (Å²) in [4.78, 5) is 36.2. The van der Waals surface area contributed by atoms with Gasteiger partial charge in [0.05, 0.1) is 11.3 Å². The lowest BCUT2D eigenvalue weighted by Gasteiger charge is -2.11. The number of hydrogen-bond donors (Lipinski definition) is 2. The van der Waals surface area contributed by atoms with Gasteiger partial charge in [0, 0.05) is 23.5 Å². The lowest BCUT2D eigenvalue weighted by Crippen LogP contribution is -2.27. The predicted molar refractivity (Wildman–Crippen MR) is 113 cm³/mol. The fourth-order valence-electron chi connectivity index (χ4n) is 2.89. The van der Waals surface area contributed by atoms with Crippen molar-refractivity contribution in [1.29, 1.82) is 0 Å². The Morgan fingerprint density at radius 1 is 1.11 bits per heavy atom. The summed E-state index contributed by atoms with van der Waals surface area (Å²) >= 11 is 0. The molecular weight excluding hydrogens is 396 g/mol. The minimum Gasteiger partial charge on any atom is -0.456 e. The highest BCUT2D eigenvalue weighted by molar-refractivity contribution is 8.77. The van der Waals surface area contributed by atoms with Gasteiger partial charge in [-0.3, -0.25) is 14.4 Å². The van der Waals surface area contributed by atoms with Crippen LogP contribution in [0, 0.1) is 0 Å². The first-order valence-corrected chi connectivity index (χ1v) is 12.1. The van der Waals surface area contributed by atoms with Crippen molar-refractivity contribution in [3.8, 4) is 0 Å². The molecule has 0 unspecified atom stereocenters. The monoisotopic (exact) mass is 422 g/mol. The third-order valence-electron chi connectivity index (χ3n) is 4.61. The number of carbonyl (C=O) groups excluding carboxylic acids is 3. The highest BCUT2D eigenvalue weighted by atomic mass is 33.1. The molecule has 1 aromatic rings. The Balaban J connectivity index is 1.35. The van der Waals surface area contributed by atoms with Crippen molar-refractivity contribution in [2.75, 3.05) is 17.7 Å². The van der Waals surface area contributed by atoms with Crippen LogP contribution in [0.4, 0.5) is 5.69 Å². The van der Waals surface area contributed by atoms with E-state index in [0.29, 0.717) is 22.9 Å². The average molecular weight is 423 g/mol. The van der Waals surface area contributed by atoms with Gasteiger partial charge in [0.2, 0.25) is 0 Å². The summed E-state index contributed by atoms with van der Waals surface area (Å²) in [5.41, 5.74) is 0.839. The van der Waals surface area contributed by atoms with Crippen LogP contribution >= 0.6 is 21.6 Å². The van der Waals surface area contributed by atoms with Gasteiger partial charge < -0.3 is 15.4 Å². The Morgan fingerprint density at radius 2 is 1.93 bits per heavy atom. The molecule has 3 rings (SSSR count). The number of ether oxygens (including phenoxy) is 1. The maximum Gasteiger partial charge on any atom is 0.306 e. The Morgan fingerprint density at radius 3 is 2.68 bits per heavy atom. The second-order valence-corrected chi connectivity index (χ2v) is 9.86. The quantitative estimate of drug-likeness (QED) is 0.339. The Bertz CT molecular complexity index is 703.